The molecule has 0 saturated carbocycles. The average molecular weight is 648 g/mol. The lowest BCUT2D eigenvalue weighted by Gasteiger charge is -2.21. The van der Waals surface area contributed by atoms with E-state index in [-0.39, 0.29) is 0 Å². The summed E-state index contributed by atoms with van der Waals surface area (Å²) in [4.78, 5) is 0. The fourth-order valence-corrected chi connectivity index (χ4v) is 8.31. The molecule has 0 aliphatic carbocycles. The first-order valence-corrected chi connectivity index (χ1v) is 17.6. The Balaban J connectivity index is 1.29. The van der Waals surface area contributed by atoms with Crippen molar-refractivity contribution >= 4 is 43.4 Å². The highest BCUT2D eigenvalue weighted by molar-refractivity contribution is 6.24. The molecule has 1 heterocycles. The molecule has 1 nitrogen and oxygen atoms in total. The maximum Gasteiger partial charge on any atom is 0.0547 e. The molecule has 0 N–H and O–H groups in total. The maximum absolute atomic E-state index is 2.40. The van der Waals surface area contributed by atoms with Crippen molar-refractivity contribution in [3.63, 3.8) is 0 Å². The van der Waals surface area contributed by atoms with Gasteiger partial charge in [0.1, 0.15) is 0 Å². The van der Waals surface area contributed by atoms with Crippen LogP contribution in [0.15, 0.2) is 200 Å². The molecule has 0 aliphatic heterocycles. The highest BCUT2D eigenvalue weighted by atomic mass is 15.0. The highest BCUT2D eigenvalue weighted by Crippen LogP contribution is 2.49. The minimum Gasteiger partial charge on any atom is -0.309 e. The number of aromatic nitrogens is 1. The summed E-state index contributed by atoms with van der Waals surface area (Å²) >= 11 is 0. The summed E-state index contributed by atoms with van der Waals surface area (Å²) in [5.41, 5.74) is 13.5. The van der Waals surface area contributed by atoms with E-state index in [1.54, 1.807) is 0 Å². The van der Waals surface area contributed by atoms with Crippen LogP contribution < -0.4 is 0 Å². The molecule has 0 bridgehead atoms. The zero-order valence-electron chi connectivity index (χ0n) is 28.0. The van der Waals surface area contributed by atoms with Gasteiger partial charge in [-0.15, -0.1) is 0 Å². The average Bonchev–Trinajstić information content (AvgIpc) is 3.55. The first-order valence-electron chi connectivity index (χ1n) is 17.6. The molecule has 0 radical (unpaired) electrons. The molecule has 238 valence electrons. The lowest BCUT2D eigenvalue weighted by atomic mass is 9.82. The van der Waals surface area contributed by atoms with E-state index in [2.05, 4.69) is 205 Å². The fourth-order valence-electron chi connectivity index (χ4n) is 8.31. The summed E-state index contributed by atoms with van der Waals surface area (Å²) < 4.78 is 2.40. The number of hydrogen-bond donors (Lipinski definition) is 0. The number of nitrogens with zero attached hydrogens (tertiary/aromatic N) is 1. The van der Waals surface area contributed by atoms with Crippen molar-refractivity contribution in [2.75, 3.05) is 0 Å². The number of para-hydroxylation sites is 2. The quantitative estimate of drug-likeness (QED) is 0.164. The number of hydrogen-bond acceptors (Lipinski definition) is 0. The molecule has 0 unspecified atom stereocenters. The summed E-state index contributed by atoms with van der Waals surface area (Å²) in [5.74, 6) is 0. The molecule has 1 heteroatoms. The molecule has 0 atom stereocenters. The summed E-state index contributed by atoms with van der Waals surface area (Å²) in [6.07, 6.45) is 0. The predicted octanol–water partition coefficient (Wildman–Crippen LogP) is 13.8. The van der Waals surface area contributed by atoms with Crippen molar-refractivity contribution in [3.05, 3.63) is 200 Å². The predicted molar refractivity (Wildman–Crippen MR) is 218 cm³/mol. The largest absolute Gasteiger partial charge is 0.309 e. The van der Waals surface area contributed by atoms with Gasteiger partial charge in [-0.2, -0.15) is 0 Å². The summed E-state index contributed by atoms with van der Waals surface area (Å²) in [5, 5.41) is 7.53. The van der Waals surface area contributed by atoms with Gasteiger partial charge in [-0.1, -0.05) is 176 Å². The summed E-state index contributed by atoms with van der Waals surface area (Å²) in [6, 6.07) is 72.9. The Bertz CT molecular complexity index is 2840. The summed E-state index contributed by atoms with van der Waals surface area (Å²) in [6.45, 7) is 0. The van der Waals surface area contributed by atoms with Gasteiger partial charge in [0.25, 0.3) is 0 Å². The van der Waals surface area contributed by atoms with Crippen molar-refractivity contribution < 1.29 is 0 Å². The van der Waals surface area contributed by atoms with Gasteiger partial charge in [0.2, 0.25) is 0 Å². The third-order valence-corrected chi connectivity index (χ3v) is 10.4. The first-order chi connectivity index (χ1) is 25.4. The van der Waals surface area contributed by atoms with Gasteiger partial charge in [-0.05, 0) is 90.3 Å². The SMILES string of the molecule is c1ccc(-c2ccccc2-c2c3ccccc3c(-c3ccccc3-c3cccc4c3c3ccccc3n4-c3ccccc3)c3ccccc23)cc1. The molecule has 10 aromatic rings. The zero-order chi connectivity index (χ0) is 33.7. The molecule has 51 heavy (non-hydrogen) atoms. The standard InChI is InChI=1S/C50H33N/c1-3-18-34(19-4-1)36-22-7-9-24-38(36)48-41-26-11-13-28-43(41)49(44-29-14-12-27-42(44)48)39-25-10-8-23-37(39)40-31-17-33-47-50(40)45-30-15-16-32-46(45)51(47)35-20-5-2-6-21-35/h1-33H. The van der Waals surface area contributed by atoms with Crippen LogP contribution in [-0.4, -0.2) is 4.57 Å². The molecule has 0 saturated heterocycles. The van der Waals surface area contributed by atoms with Crippen LogP contribution in [0.1, 0.15) is 0 Å². The normalized spacial score (nSPS) is 11.5. The van der Waals surface area contributed by atoms with E-state index in [4.69, 9.17) is 0 Å². The number of benzene rings is 9. The molecule has 0 spiro atoms. The van der Waals surface area contributed by atoms with Crippen molar-refractivity contribution in [3.8, 4) is 50.2 Å². The van der Waals surface area contributed by atoms with E-state index >= 15 is 0 Å². The Hall–Kier alpha value is -6.70. The minimum atomic E-state index is 1.16. The number of fused-ring (bicyclic) bond motifs is 5. The van der Waals surface area contributed by atoms with Gasteiger partial charge < -0.3 is 4.57 Å². The van der Waals surface area contributed by atoms with Crippen LogP contribution in [0.25, 0.3) is 93.5 Å². The highest BCUT2D eigenvalue weighted by Gasteiger charge is 2.22. The maximum atomic E-state index is 2.40. The second-order valence-corrected chi connectivity index (χ2v) is 13.2. The second kappa shape index (κ2) is 12.0. The van der Waals surface area contributed by atoms with E-state index in [0.29, 0.717) is 0 Å². The number of rotatable bonds is 5. The second-order valence-electron chi connectivity index (χ2n) is 13.2. The Morgan fingerprint density at radius 2 is 0.667 bits per heavy atom. The minimum absolute atomic E-state index is 1.16. The molecular weight excluding hydrogens is 615 g/mol. The Morgan fingerprint density at radius 3 is 1.27 bits per heavy atom. The van der Waals surface area contributed by atoms with Gasteiger partial charge in [-0.3, -0.25) is 0 Å². The van der Waals surface area contributed by atoms with E-state index < -0.39 is 0 Å². The smallest absolute Gasteiger partial charge is 0.0547 e. The Labute approximate surface area is 297 Å². The third kappa shape index (κ3) is 4.63. The van der Waals surface area contributed by atoms with Crippen molar-refractivity contribution in [2.24, 2.45) is 0 Å². The lowest BCUT2D eigenvalue weighted by molar-refractivity contribution is 1.18. The first kappa shape index (κ1) is 29.2. The van der Waals surface area contributed by atoms with Crippen molar-refractivity contribution in [1.29, 1.82) is 0 Å². The monoisotopic (exact) mass is 647 g/mol. The van der Waals surface area contributed by atoms with E-state index in [0.717, 1.165) is 5.69 Å². The van der Waals surface area contributed by atoms with Gasteiger partial charge in [-0.25, -0.2) is 0 Å². The lowest BCUT2D eigenvalue weighted by Crippen LogP contribution is -1.94. The Kier molecular flexibility index (Phi) is 6.89. The molecule has 9 aromatic carbocycles. The van der Waals surface area contributed by atoms with Crippen molar-refractivity contribution in [2.45, 2.75) is 0 Å². The van der Waals surface area contributed by atoms with Crippen LogP contribution in [0.5, 0.6) is 0 Å². The van der Waals surface area contributed by atoms with Crippen LogP contribution in [-0.2, 0) is 0 Å². The fraction of sp³-hybridized carbons (Fsp3) is 0. The zero-order valence-corrected chi connectivity index (χ0v) is 28.0. The van der Waals surface area contributed by atoms with Gasteiger partial charge in [0.15, 0.2) is 0 Å². The van der Waals surface area contributed by atoms with Crippen molar-refractivity contribution in [1.82, 2.24) is 4.57 Å². The van der Waals surface area contributed by atoms with Gasteiger partial charge >= 0.3 is 0 Å². The third-order valence-electron chi connectivity index (χ3n) is 10.4. The molecule has 0 amide bonds. The molecule has 1 aromatic heterocycles. The van der Waals surface area contributed by atoms with Crippen LogP contribution in [0, 0.1) is 0 Å². The van der Waals surface area contributed by atoms with E-state index in [9.17, 15) is 0 Å². The Morgan fingerprint density at radius 1 is 0.255 bits per heavy atom. The van der Waals surface area contributed by atoms with Gasteiger partial charge in [0, 0.05) is 16.5 Å². The van der Waals surface area contributed by atoms with Crippen LogP contribution in [0.4, 0.5) is 0 Å². The summed E-state index contributed by atoms with van der Waals surface area (Å²) in [7, 11) is 0. The molecule has 10 rings (SSSR count). The van der Waals surface area contributed by atoms with Crippen LogP contribution in [0.2, 0.25) is 0 Å². The van der Waals surface area contributed by atoms with E-state index in [1.165, 1.54) is 87.9 Å². The molecular formula is C50H33N. The van der Waals surface area contributed by atoms with Gasteiger partial charge in [0.05, 0.1) is 11.0 Å². The molecule has 0 aliphatic rings. The van der Waals surface area contributed by atoms with E-state index in [1.807, 2.05) is 0 Å². The van der Waals surface area contributed by atoms with Crippen LogP contribution >= 0.6 is 0 Å². The topological polar surface area (TPSA) is 4.93 Å². The van der Waals surface area contributed by atoms with Crippen LogP contribution in [0.3, 0.4) is 0 Å². The molecule has 0 fully saturated rings.